The van der Waals surface area contributed by atoms with Crippen LogP contribution in [-0.4, -0.2) is 25.6 Å². The Balaban J connectivity index is 4.36. The molecule has 0 amide bonds. The molecule has 3 atom stereocenters. The Morgan fingerprint density at radius 1 is 1.29 bits per heavy atom. The number of rotatable bonds is 6. The molecule has 0 aliphatic carbocycles. The molecule has 0 fully saturated rings. The van der Waals surface area contributed by atoms with Crippen LogP contribution in [0.4, 0.5) is 0 Å². The van der Waals surface area contributed by atoms with Crippen LogP contribution in [0, 0.1) is 5.92 Å². The zero-order valence-electron chi connectivity index (χ0n) is 12.6. The summed E-state index contributed by atoms with van der Waals surface area (Å²) >= 11 is 0. The third-order valence-corrected chi connectivity index (χ3v) is 8.46. The standard InChI is InChI=1S/C14H30O2Si/c1-9-11(2)13(15)10-12(3)16-17(7,8)14(4,5)6/h9,11-13,15H,1,10H2,2-8H3/t11-,12-,13?/m1/s1. The molecule has 0 spiro atoms. The van der Waals surface area contributed by atoms with E-state index in [2.05, 4.69) is 47.4 Å². The quantitative estimate of drug-likeness (QED) is 0.577. The molecular weight excluding hydrogens is 228 g/mol. The molecule has 102 valence electrons. The zero-order chi connectivity index (χ0) is 13.9. The molecule has 17 heavy (non-hydrogen) atoms. The van der Waals surface area contributed by atoms with Gasteiger partial charge in [0.2, 0.25) is 0 Å². The monoisotopic (exact) mass is 258 g/mol. The molecule has 1 N–H and O–H groups in total. The van der Waals surface area contributed by atoms with Crippen LogP contribution in [0.1, 0.15) is 41.0 Å². The lowest BCUT2D eigenvalue weighted by Crippen LogP contribution is -2.44. The largest absolute Gasteiger partial charge is 0.414 e. The van der Waals surface area contributed by atoms with E-state index in [1.54, 1.807) is 6.08 Å². The van der Waals surface area contributed by atoms with Crippen molar-refractivity contribution in [3.8, 4) is 0 Å². The smallest absolute Gasteiger partial charge is 0.192 e. The van der Waals surface area contributed by atoms with Gasteiger partial charge < -0.3 is 9.53 Å². The predicted octanol–water partition coefficient (Wildman–Crippen LogP) is 3.97. The first-order chi connectivity index (χ1) is 7.51. The molecule has 0 heterocycles. The van der Waals surface area contributed by atoms with Crippen molar-refractivity contribution >= 4 is 8.32 Å². The van der Waals surface area contributed by atoms with E-state index in [4.69, 9.17) is 4.43 Å². The van der Waals surface area contributed by atoms with Crippen LogP contribution in [0.2, 0.25) is 18.1 Å². The van der Waals surface area contributed by atoms with Gasteiger partial charge in [-0.3, -0.25) is 0 Å². The van der Waals surface area contributed by atoms with Crippen molar-refractivity contribution in [2.75, 3.05) is 0 Å². The van der Waals surface area contributed by atoms with Gasteiger partial charge >= 0.3 is 0 Å². The summed E-state index contributed by atoms with van der Waals surface area (Å²) < 4.78 is 6.21. The number of hydrogen-bond acceptors (Lipinski definition) is 2. The van der Waals surface area contributed by atoms with Gasteiger partial charge in [0.15, 0.2) is 8.32 Å². The molecule has 0 saturated heterocycles. The van der Waals surface area contributed by atoms with E-state index in [0.29, 0.717) is 6.42 Å². The first-order valence-corrected chi connectivity index (χ1v) is 9.40. The summed E-state index contributed by atoms with van der Waals surface area (Å²) in [4.78, 5) is 0. The molecule has 0 aromatic heterocycles. The summed E-state index contributed by atoms with van der Waals surface area (Å²) in [6.07, 6.45) is 2.23. The number of hydrogen-bond donors (Lipinski definition) is 1. The summed E-state index contributed by atoms with van der Waals surface area (Å²) in [6, 6.07) is 0. The Labute approximate surface area is 108 Å². The second-order valence-corrected chi connectivity index (χ2v) is 11.3. The molecule has 1 unspecified atom stereocenters. The summed E-state index contributed by atoms with van der Waals surface area (Å²) in [5.41, 5.74) is 0. The van der Waals surface area contributed by atoms with Gasteiger partial charge in [0.05, 0.1) is 6.10 Å². The van der Waals surface area contributed by atoms with Gasteiger partial charge in [0.1, 0.15) is 0 Å². The fourth-order valence-electron chi connectivity index (χ4n) is 1.44. The van der Waals surface area contributed by atoms with Crippen molar-refractivity contribution in [1.82, 2.24) is 0 Å². The predicted molar refractivity (Wildman–Crippen MR) is 77.7 cm³/mol. The average molecular weight is 258 g/mol. The minimum atomic E-state index is -1.72. The van der Waals surface area contributed by atoms with Crippen molar-refractivity contribution in [3.63, 3.8) is 0 Å². The lowest BCUT2D eigenvalue weighted by atomic mass is 10.0. The Bertz CT molecular complexity index is 243. The van der Waals surface area contributed by atoms with Crippen LogP contribution in [0.5, 0.6) is 0 Å². The van der Waals surface area contributed by atoms with Crippen molar-refractivity contribution in [3.05, 3.63) is 12.7 Å². The molecule has 0 radical (unpaired) electrons. The summed E-state index contributed by atoms with van der Waals surface area (Å²) in [5.74, 6) is 0.125. The normalized spacial score (nSPS) is 18.6. The molecule has 3 heteroatoms. The second kappa shape index (κ2) is 6.16. The molecule has 0 bridgehead atoms. The highest BCUT2D eigenvalue weighted by atomic mass is 28.4. The molecule has 0 rings (SSSR count). The summed E-state index contributed by atoms with van der Waals surface area (Å²) in [7, 11) is -1.72. The lowest BCUT2D eigenvalue weighted by molar-refractivity contribution is 0.0733. The Kier molecular flexibility index (Phi) is 6.12. The van der Waals surface area contributed by atoms with Crippen molar-refractivity contribution in [2.45, 2.75) is 71.4 Å². The maximum atomic E-state index is 9.95. The highest BCUT2D eigenvalue weighted by molar-refractivity contribution is 6.74. The highest BCUT2D eigenvalue weighted by Crippen LogP contribution is 2.37. The van der Waals surface area contributed by atoms with Gasteiger partial charge in [-0.15, -0.1) is 6.58 Å². The molecule has 0 aliphatic rings. The van der Waals surface area contributed by atoms with E-state index >= 15 is 0 Å². The van der Waals surface area contributed by atoms with E-state index in [-0.39, 0.29) is 23.2 Å². The minimum absolute atomic E-state index is 0.105. The summed E-state index contributed by atoms with van der Waals surface area (Å²) in [6.45, 7) is 18.9. The van der Waals surface area contributed by atoms with Crippen molar-refractivity contribution in [1.29, 1.82) is 0 Å². The molecule has 0 aliphatic heterocycles. The van der Waals surface area contributed by atoms with Gasteiger partial charge in [-0.1, -0.05) is 33.8 Å². The third-order valence-electron chi connectivity index (χ3n) is 3.85. The molecule has 0 aromatic rings. The molecule has 0 saturated carbocycles. The first kappa shape index (κ1) is 16.9. The van der Waals surface area contributed by atoms with Crippen LogP contribution in [0.3, 0.4) is 0 Å². The molecule has 2 nitrogen and oxygen atoms in total. The summed E-state index contributed by atoms with van der Waals surface area (Å²) in [5, 5.41) is 10.2. The van der Waals surface area contributed by atoms with E-state index in [1.165, 1.54) is 0 Å². The Hall–Kier alpha value is -0.123. The topological polar surface area (TPSA) is 29.5 Å². The van der Waals surface area contributed by atoms with E-state index < -0.39 is 8.32 Å². The van der Waals surface area contributed by atoms with Crippen molar-refractivity contribution < 1.29 is 9.53 Å². The molecule has 0 aromatic carbocycles. The minimum Gasteiger partial charge on any atom is -0.414 e. The maximum absolute atomic E-state index is 9.95. The van der Waals surface area contributed by atoms with E-state index in [1.807, 2.05) is 6.92 Å². The fraction of sp³-hybridized carbons (Fsp3) is 0.857. The number of aliphatic hydroxyl groups excluding tert-OH is 1. The third kappa shape index (κ3) is 5.36. The lowest BCUT2D eigenvalue weighted by Gasteiger charge is -2.39. The van der Waals surface area contributed by atoms with E-state index in [9.17, 15) is 5.11 Å². The van der Waals surface area contributed by atoms with Gasteiger partial charge in [-0.05, 0) is 37.4 Å². The zero-order valence-corrected chi connectivity index (χ0v) is 13.6. The highest BCUT2D eigenvalue weighted by Gasteiger charge is 2.38. The maximum Gasteiger partial charge on any atom is 0.192 e. The van der Waals surface area contributed by atoms with Gasteiger partial charge in [0.25, 0.3) is 0 Å². The van der Waals surface area contributed by atoms with Crippen LogP contribution >= 0.6 is 0 Å². The second-order valence-electron chi connectivity index (χ2n) is 6.59. The first-order valence-electron chi connectivity index (χ1n) is 6.49. The Morgan fingerprint density at radius 3 is 2.12 bits per heavy atom. The average Bonchev–Trinajstić information content (AvgIpc) is 2.13. The van der Waals surface area contributed by atoms with Crippen LogP contribution in [0.15, 0.2) is 12.7 Å². The van der Waals surface area contributed by atoms with Gasteiger partial charge in [-0.2, -0.15) is 0 Å². The van der Waals surface area contributed by atoms with Crippen molar-refractivity contribution in [2.24, 2.45) is 5.92 Å². The van der Waals surface area contributed by atoms with Crippen LogP contribution in [0.25, 0.3) is 0 Å². The van der Waals surface area contributed by atoms with Crippen LogP contribution in [-0.2, 0) is 4.43 Å². The molecular formula is C14H30O2Si. The van der Waals surface area contributed by atoms with Gasteiger partial charge in [0, 0.05) is 6.10 Å². The van der Waals surface area contributed by atoms with Gasteiger partial charge in [-0.25, -0.2) is 0 Å². The Morgan fingerprint density at radius 2 is 1.76 bits per heavy atom. The van der Waals surface area contributed by atoms with Crippen LogP contribution < -0.4 is 0 Å². The number of aliphatic hydroxyl groups is 1. The SMILES string of the molecule is C=C[C@@H](C)C(O)C[C@@H](C)O[Si](C)(C)C(C)(C)C. The van der Waals surface area contributed by atoms with E-state index in [0.717, 1.165) is 0 Å². The fourth-order valence-corrected chi connectivity index (χ4v) is 2.90.